The number of rotatable bonds is 6. The number of aldehydes is 1. The number of nitrogens with one attached hydrogen (secondary N) is 1. The lowest BCUT2D eigenvalue weighted by Crippen LogP contribution is -2.36. The molecule has 0 aliphatic carbocycles. The molecule has 0 aromatic carbocycles. The van der Waals surface area contributed by atoms with Crippen LogP contribution < -0.4 is 5.32 Å². The van der Waals surface area contributed by atoms with Crippen molar-refractivity contribution in [2.75, 3.05) is 26.2 Å². The van der Waals surface area contributed by atoms with Crippen LogP contribution in [0.25, 0.3) is 0 Å². The molecule has 0 aromatic rings. The highest BCUT2D eigenvalue weighted by atomic mass is 16.1. The van der Waals surface area contributed by atoms with E-state index < -0.39 is 0 Å². The van der Waals surface area contributed by atoms with Crippen molar-refractivity contribution in [3.05, 3.63) is 0 Å². The second-order valence-corrected chi connectivity index (χ2v) is 5.50. The van der Waals surface area contributed by atoms with Crippen LogP contribution in [-0.2, 0) is 4.79 Å². The van der Waals surface area contributed by atoms with Crippen molar-refractivity contribution in [2.24, 2.45) is 11.8 Å². The molecule has 17 heavy (non-hydrogen) atoms. The molecule has 3 nitrogen and oxygen atoms in total. The van der Waals surface area contributed by atoms with E-state index in [0.29, 0.717) is 12.0 Å². The summed E-state index contributed by atoms with van der Waals surface area (Å²) in [5.41, 5.74) is 0. The minimum absolute atomic E-state index is 0.239. The lowest BCUT2D eigenvalue weighted by Gasteiger charge is -2.20. The minimum atomic E-state index is 0.239. The molecule has 2 heterocycles. The fraction of sp³-hybridized carbons (Fsp3) is 0.923. The van der Waals surface area contributed by atoms with Crippen molar-refractivity contribution in [2.45, 2.75) is 38.0 Å². The van der Waals surface area contributed by atoms with Gasteiger partial charge in [-0.1, -0.05) is 12.7 Å². The van der Waals surface area contributed by atoms with E-state index in [-0.39, 0.29) is 5.92 Å². The molecule has 94 valence electrons. The average Bonchev–Trinajstić information content (AvgIpc) is 2.96. The van der Waals surface area contributed by atoms with Crippen molar-refractivity contribution in [1.82, 2.24) is 10.2 Å². The van der Waals surface area contributed by atoms with Gasteiger partial charge in [0, 0.05) is 31.6 Å². The van der Waals surface area contributed by atoms with E-state index in [1.807, 2.05) is 0 Å². The Morgan fingerprint density at radius 2 is 2.29 bits per heavy atom. The van der Waals surface area contributed by atoms with Gasteiger partial charge in [0.05, 0.1) is 7.85 Å². The van der Waals surface area contributed by atoms with Crippen LogP contribution in [0.4, 0.5) is 0 Å². The van der Waals surface area contributed by atoms with Gasteiger partial charge in [-0.15, -0.1) is 0 Å². The van der Waals surface area contributed by atoms with E-state index in [9.17, 15) is 4.79 Å². The second kappa shape index (κ2) is 6.55. The Kier molecular flexibility index (Phi) is 5.05. The predicted octanol–water partition coefficient (Wildman–Crippen LogP) is 0.852. The van der Waals surface area contributed by atoms with Crippen LogP contribution in [0.5, 0.6) is 0 Å². The number of carbonyl (C=O) groups is 1. The van der Waals surface area contributed by atoms with Crippen molar-refractivity contribution in [1.29, 1.82) is 0 Å². The first-order valence-corrected chi connectivity index (χ1v) is 6.94. The maximum absolute atomic E-state index is 11.1. The molecule has 0 aromatic heterocycles. The molecule has 0 bridgehead atoms. The molecule has 2 aliphatic rings. The summed E-state index contributed by atoms with van der Waals surface area (Å²) in [6, 6.07) is 0.649. The first kappa shape index (κ1) is 13.1. The van der Waals surface area contributed by atoms with Gasteiger partial charge in [-0.3, -0.25) is 0 Å². The van der Waals surface area contributed by atoms with E-state index in [0.717, 1.165) is 51.6 Å². The van der Waals surface area contributed by atoms with Gasteiger partial charge in [0.15, 0.2) is 0 Å². The third-order valence-electron chi connectivity index (χ3n) is 4.16. The van der Waals surface area contributed by atoms with Crippen LogP contribution in [0.2, 0.25) is 6.32 Å². The number of carbonyl (C=O) groups excluding carboxylic acids is 1. The minimum Gasteiger partial charge on any atom is -0.313 e. The summed E-state index contributed by atoms with van der Waals surface area (Å²) >= 11 is 0. The highest BCUT2D eigenvalue weighted by Gasteiger charge is 2.33. The molecule has 1 N–H and O–H groups in total. The van der Waals surface area contributed by atoms with Gasteiger partial charge in [-0.05, 0) is 31.7 Å². The Morgan fingerprint density at radius 1 is 1.41 bits per heavy atom. The summed E-state index contributed by atoms with van der Waals surface area (Å²) in [7, 11) is 5.55. The molecule has 3 atom stereocenters. The van der Waals surface area contributed by atoms with E-state index in [2.05, 4.69) is 10.2 Å². The normalized spacial score (nSPS) is 34.2. The summed E-state index contributed by atoms with van der Waals surface area (Å²) < 4.78 is 0. The molecule has 0 amide bonds. The lowest BCUT2D eigenvalue weighted by molar-refractivity contribution is -0.111. The smallest absolute Gasteiger partial charge is 0.124 e. The summed E-state index contributed by atoms with van der Waals surface area (Å²) in [5, 5.41) is 3.52. The van der Waals surface area contributed by atoms with E-state index in [1.165, 1.54) is 12.8 Å². The van der Waals surface area contributed by atoms with Gasteiger partial charge < -0.3 is 15.0 Å². The molecule has 2 rings (SSSR count). The fourth-order valence-corrected chi connectivity index (χ4v) is 3.20. The Balaban J connectivity index is 1.78. The summed E-state index contributed by atoms with van der Waals surface area (Å²) in [4.78, 5) is 13.6. The molecule has 2 saturated heterocycles. The predicted molar refractivity (Wildman–Crippen MR) is 70.3 cm³/mol. The van der Waals surface area contributed by atoms with Gasteiger partial charge in [-0.25, -0.2) is 0 Å². The zero-order valence-corrected chi connectivity index (χ0v) is 10.6. The summed E-state index contributed by atoms with van der Waals surface area (Å²) in [6.07, 6.45) is 6.64. The summed E-state index contributed by atoms with van der Waals surface area (Å²) in [5.74, 6) is 0.778. The average molecular weight is 234 g/mol. The van der Waals surface area contributed by atoms with Crippen molar-refractivity contribution in [3.8, 4) is 0 Å². The molecule has 2 aliphatic heterocycles. The van der Waals surface area contributed by atoms with Crippen LogP contribution in [-0.4, -0.2) is 51.3 Å². The van der Waals surface area contributed by atoms with Gasteiger partial charge >= 0.3 is 0 Å². The SMILES string of the molecule is [B]CCC[C@H]1CN(CC2CCCN2)C[C@H]1C=O. The van der Waals surface area contributed by atoms with Crippen LogP contribution in [0.15, 0.2) is 0 Å². The molecule has 1 unspecified atom stereocenters. The van der Waals surface area contributed by atoms with Gasteiger partial charge in [0.2, 0.25) is 0 Å². The Bertz CT molecular complexity index is 244. The Hall–Kier alpha value is -0.345. The van der Waals surface area contributed by atoms with Crippen molar-refractivity contribution >= 4 is 14.1 Å². The topological polar surface area (TPSA) is 32.3 Å². The highest BCUT2D eigenvalue weighted by Crippen LogP contribution is 2.27. The number of likely N-dealkylation sites (tertiary alicyclic amines) is 1. The fourth-order valence-electron chi connectivity index (χ4n) is 3.20. The van der Waals surface area contributed by atoms with Gasteiger partial charge in [-0.2, -0.15) is 0 Å². The molecule has 2 fully saturated rings. The van der Waals surface area contributed by atoms with Crippen LogP contribution in [0.1, 0.15) is 25.7 Å². The van der Waals surface area contributed by atoms with Gasteiger partial charge in [0.1, 0.15) is 6.29 Å². The molecule has 0 spiro atoms. The van der Waals surface area contributed by atoms with Crippen LogP contribution in [0.3, 0.4) is 0 Å². The highest BCUT2D eigenvalue weighted by molar-refractivity contribution is 6.08. The Labute approximate surface area is 106 Å². The molecular weight excluding hydrogens is 211 g/mol. The zero-order chi connectivity index (χ0) is 12.1. The first-order valence-electron chi connectivity index (χ1n) is 6.94. The quantitative estimate of drug-likeness (QED) is 0.546. The third-order valence-corrected chi connectivity index (χ3v) is 4.16. The Morgan fingerprint density at radius 3 is 2.94 bits per heavy atom. The second-order valence-electron chi connectivity index (χ2n) is 5.50. The lowest BCUT2D eigenvalue weighted by atomic mass is 9.89. The van der Waals surface area contributed by atoms with Crippen LogP contribution in [0, 0.1) is 11.8 Å². The van der Waals surface area contributed by atoms with Crippen molar-refractivity contribution in [3.63, 3.8) is 0 Å². The van der Waals surface area contributed by atoms with E-state index in [1.54, 1.807) is 0 Å². The monoisotopic (exact) mass is 234 g/mol. The zero-order valence-electron chi connectivity index (χ0n) is 10.6. The molecule has 0 saturated carbocycles. The first-order chi connectivity index (χ1) is 8.33. The third kappa shape index (κ3) is 3.55. The maximum Gasteiger partial charge on any atom is 0.124 e. The largest absolute Gasteiger partial charge is 0.313 e. The molecule has 4 heteroatoms. The number of hydrogen-bond donors (Lipinski definition) is 1. The van der Waals surface area contributed by atoms with E-state index >= 15 is 0 Å². The maximum atomic E-state index is 11.1. The van der Waals surface area contributed by atoms with Crippen LogP contribution >= 0.6 is 0 Å². The molecular formula is C13H23BN2O. The van der Waals surface area contributed by atoms with Gasteiger partial charge in [0.25, 0.3) is 0 Å². The van der Waals surface area contributed by atoms with E-state index in [4.69, 9.17) is 7.85 Å². The number of hydrogen-bond acceptors (Lipinski definition) is 3. The molecule has 2 radical (unpaired) electrons. The summed E-state index contributed by atoms with van der Waals surface area (Å²) in [6.45, 7) is 4.31. The van der Waals surface area contributed by atoms with Crippen molar-refractivity contribution < 1.29 is 4.79 Å². The number of nitrogens with zero attached hydrogens (tertiary/aromatic N) is 1. The standard InChI is InChI=1S/C13H23BN2O/c14-5-1-3-11-7-16(8-12(11)10-17)9-13-4-2-6-15-13/h10-13,15H,1-9H2/t11-,12-,13?/m0/s1.